The quantitative estimate of drug-likeness (QED) is 0.598. The van der Waals surface area contributed by atoms with Crippen molar-refractivity contribution in [1.82, 2.24) is 4.98 Å². The van der Waals surface area contributed by atoms with Gasteiger partial charge >= 0.3 is 0 Å². The number of allylic oxidation sites excluding steroid dienone is 1. The Labute approximate surface area is 54.2 Å². The van der Waals surface area contributed by atoms with E-state index >= 15 is 0 Å². The fourth-order valence-corrected chi connectivity index (χ4v) is 0.508. The predicted octanol–water partition coefficient (Wildman–Crippen LogP) is 1.91. The first-order valence-corrected chi connectivity index (χ1v) is 2.77. The fourth-order valence-electron chi connectivity index (χ4n) is 0.508. The Kier molecular flexibility index (Phi) is 2.07. The molecule has 0 atom stereocenters. The molecule has 0 unspecified atom stereocenters. The molecule has 0 spiro atoms. The molecule has 0 N–H and O–H groups in total. The summed E-state index contributed by atoms with van der Waals surface area (Å²) in [5.74, 6) is 0. The monoisotopic (exact) mass is 122 g/mol. The SMILES string of the molecule is [CH2]CC=Cc1cocn1. The number of nitrogens with zero attached hydrogens (tertiary/aromatic N) is 1. The van der Waals surface area contributed by atoms with E-state index in [0.29, 0.717) is 0 Å². The Morgan fingerprint density at radius 1 is 1.78 bits per heavy atom. The van der Waals surface area contributed by atoms with E-state index in [1.807, 2.05) is 12.2 Å². The van der Waals surface area contributed by atoms with Crippen molar-refractivity contribution >= 4 is 6.08 Å². The minimum Gasteiger partial charge on any atom is -0.451 e. The van der Waals surface area contributed by atoms with Gasteiger partial charge in [0.25, 0.3) is 0 Å². The van der Waals surface area contributed by atoms with Gasteiger partial charge in [0.05, 0.1) is 0 Å². The molecule has 0 saturated heterocycles. The lowest BCUT2D eigenvalue weighted by Gasteiger charge is -1.76. The fraction of sp³-hybridized carbons (Fsp3) is 0.143. The number of hydrogen-bond donors (Lipinski definition) is 0. The average molecular weight is 122 g/mol. The van der Waals surface area contributed by atoms with E-state index in [0.717, 1.165) is 12.1 Å². The van der Waals surface area contributed by atoms with Crippen LogP contribution in [0.2, 0.25) is 0 Å². The Bertz CT molecular complexity index is 177. The van der Waals surface area contributed by atoms with Crippen molar-refractivity contribution in [1.29, 1.82) is 0 Å². The molecule has 1 aromatic heterocycles. The van der Waals surface area contributed by atoms with E-state index in [2.05, 4.69) is 11.9 Å². The van der Waals surface area contributed by atoms with Gasteiger partial charge in [-0.15, -0.1) is 0 Å². The van der Waals surface area contributed by atoms with Crippen molar-refractivity contribution in [2.45, 2.75) is 6.42 Å². The second kappa shape index (κ2) is 3.07. The number of rotatable bonds is 2. The molecule has 1 aromatic rings. The Morgan fingerprint density at radius 3 is 3.22 bits per heavy atom. The van der Waals surface area contributed by atoms with Crippen molar-refractivity contribution in [2.24, 2.45) is 0 Å². The van der Waals surface area contributed by atoms with Crippen LogP contribution in [0.1, 0.15) is 12.1 Å². The molecule has 9 heavy (non-hydrogen) atoms. The second-order valence-electron chi connectivity index (χ2n) is 1.60. The summed E-state index contributed by atoms with van der Waals surface area (Å²) >= 11 is 0. The Morgan fingerprint density at radius 2 is 2.67 bits per heavy atom. The highest BCUT2D eigenvalue weighted by Crippen LogP contribution is 1.97. The van der Waals surface area contributed by atoms with Crippen LogP contribution in [0.15, 0.2) is 23.1 Å². The molecule has 0 aliphatic carbocycles. The van der Waals surface area contributed by atoms with Crippen LogP contribution in [0.25, 0.3) is 6.08 Å². The van der Waals surface area contributed by atoms with Gasteiger partial charge in [0.1, 0.15) is 12.0 Å². The summed E-state index contributed by atoms with van der Waals surface area (Å²) in [5, 5.41) is 0. The van der Waals surface area contributed by atoms with E-state index in [9.17, 15) is 0 Å². The summed E-state index contributed by atoms with van der Waals surface area (Å²) in [6, 6.07) is 0. The van der Waals surface area contributed by atoms with Crippen molar-refractivity contribution in [3.63, 3.8) is 0 Å². The zero-order chi connectivity index (χ0) is 6.53. The molecule has 1 rings (SSSR count). The van der Waals surface area contributed by atoms with Crippen molar-refractivity contribution in [3.05, 3.63) is 31.4 Å². The van der Waals surface area contributed by atoms with Crippen LogP contribution < -0.4 is 0 Å². The smallest absolute Gasteiger partial charge is 0.181 e. The number of aromatic nitrogens is 1. The van der Waals surface area contributed by atoms with Gasteiger partial charge in [-0.2, -0.15) is 0 Å². The van der Waals surface area contributed by atoms with Crippen molar-refractivity contribution < 1.29 is 4.42 Å². The first-order valence-electron chi connectivity index (χ1n) is 2.77. The van der Waals surface area contributed by atoms with E-state index in [1.165, 1.54) is 6.39 Å². The van der Waals surface area contributed by atoms with E-state index in [-0.39, 0.29) is 0 Å². The molecule has 0 bridgehead atoms. The average Bonchev–Trinajstić information content (AvgIpc) is 2.34. The van der Waals surface area contributed by atoms with E-state index in [4.69, 9.17) is 4.42 Å². The molecule has 0 fully saturated rings. The van der Waals surface area contributed by atoms with E-state index < -0.39 is 0 Å². The first-order chi connectivity index (χ1) is 4.43. The zero-order valence-electron chi connectivity index (χ0n) is 5.08. The molecule has 1 radical (unpaired) electrons. The molecular weight excluding hydrogens is 114 g/mol. The molecule has 2 nitrogen and oxygen atoms in total. The van der Waals surface area contributed by atoms with Gasteiger partial charge in [-0.3, -0.25) is 0 Å². The molecule has 0 saturated carbocycles. The van der Waals surface area contributed by atoms with Crippen LogP contribution in [0.4, 0.5) is 0 Å². The van der Waals surface area contributed by atoms with Gasteiger partial charge < -0.3 is 4.42 Å². The summed E-state index contributed by atoms with van der Waals surface area (Å²) < 4.78 is 4.73. The standard InChI is InChI=1S/C7H8NO/c1-2-3-4-7-5-9-6-8-7/h3-6H,1-2H2. The van der Waals surface area contributed by atoms with Gasteiger partial charge in [0, 0.05) is 0 Å². The van der Waals surface area contributed by atoms with Gasteiger partial charge in [0.15, 0.2) is 6.39 Å². The van der Waals surface area contributed by atoms with Crippen LogP contribution >= 0.6 is 0 Å². The van der Waals surface area contributed by atoms with E-state index in [1.54, 1.807) is 6.26 Å². The summed E-state index contributed by atoms with van der Waals surface area (Å²) in [6.07, 6.45) is 7.58. The summed E-state index contributed by atoms with van der Waals surface area (Å²) in [5.41, 5.74) is 0.846. The van der Waals surface area contributed by atoms with Crippen LogP contribution in [0, 0.1) is 6.92 Å². The van der Waals surface area contributed by atoms with Crippen molar-refractivity contribution in [2.75, 3.05) is 0 Å². The maximum atomic E-state index is 4.73. The highest BCUT2D eigenvalue weighted by molar-refractivity contribution is 5.41. The lowest BCUT2D eigenvalue weighted by molar-refractivity contribution is 0.557. The highest BCUT2D eigenvalue weighted by atomic mass is 16.3. The Balaban J connectivity index is 2.57. The summed E-state index contributed by atoms with van der Waals surface area (Å²) in [7, 11) is 0. The minimum absolute atomic E-state index is 0.785. The summed E-state index contributed by atoms with van der Waals surface area (Å²) in [4.78, 5) is 3.87. The lowest BCUT2D eigenvalue weighted by atomic mass is 10.4. The maximum Gasteiger partial charge on any atom is 0.181 e. The van der Waals surface area contributed by atoms with Gasteiger partial charge in [-0.25, -0.2) is 4.98 Å². The third-order valence-corrected chi connectivity index (χ3v) is 0.907. The summed E-state index contributed by atoms with van der Waals surface area (Å²) in [6.45, 7) is 3.64. The molecule has 0 aromatic carbocycles. The molecule has 2 heteroatoms. The van der Waals surface area contributed by atoms with Crippen LogP contribution in [0.3, 0.4) is 0 Å². The third-order valence-electron chi connectivity index (χ3n) is 0.907. The van der Waals surface area contributed by atoms with Crippen LogP contribution in [0.5, 0.6) is 0 Å². The molecule has 1 heterocycles. The molecule has 0 aliphatic rings. The molecule has 47 valence electrons. The Hall–Kier alpha value is -1.05. The van der Waals surface area contributed by atoms with Crippen LogP contribution in [-0.4, -0.2) is 4.98 Å². The van der Waals surface area contributed by atoms with Gasteiger partial charge in [-0.05, 0) is 19.4 Å². The van der Waals surface area contributed by atoms with Crippen molar-refractivity contribution in [3.8, 4) is 0 Å². The first kappa shape index (κ1) is 6.08. The number of oxazole rings is 1. The molecule has 0 aliphatic heterocycles. The molecular formula is C7H8NO. The number of hydrogen-bond acceptors (Lipinski definition) is 2. The normalized spacial score (nSPS) is 10.8. The largest absolute Gasteiger partial charge is 0.451 e. The lowest BCUT2D eigenvalue weighted by Crippen LogP contribution is -1.65. The minimum atomic E-state index is 0.785. The maximum absolute atomic E-state index is 4.73. The predicted molar refractivity (Wildman–Crippen MR) is 35.5 cm³/mol. The van der Waals surface area contributed by atoms with Gasteiger partial charge in [0.2, 0.25) is 0 Å². The topological polar surface area (TPSA) is 26.0 Å². The third kappa shape index (κ3) is 1.72. The molecule has 0 amide bonds. The second-order valence-corrected chi connectivity index (χ2v) is 1.60. The zero-order valence-corrected chi connectivity index (χ0v) is 5.08. The highest BCUT2D eigenvalue weighted by Gasteiger charge is 1.84. The van der Waals surface area contributed by atoms with Crippen LogP contribution in [-0.2, 0) is 0 Å². The van der Waals surface area contributed by atoms with Gasteiger partial charge in [-0.1, -0.05) is 6.08 Å².